The third kappa shape index (κ3) is 3.11. The summed E-state index contributed by atoms with van der Waals surface area (Å²) in [6.07, 6.45) is 0. The summed E-state index contributed by atoms with van der Waals surface area (Å²) in [5.74, 6) is -1.14. The second-order valence-electron chi connectivity index (χ2n) is 4.70. The van der Waals surface area contributed by atoms with Gasteiger partial charge in [0, 0.05) is 11.6 Å². The van der Waals surface area contributed by atoms with Gasteiger partial charge in [0.15, 0.2) is 5.13 Å². The maximum atomic E-state index is 11.7. The fourth-order valence-electron chi connectivity index (χ4n) is 2.11. The molecule has 0 atom stereocenters. The van der Waals surface area contributed by atoms with Crippen molar-refractivity contribution in [3.63, 3.8) is 0 Å². The number of hydrogen-bond acceptors (Lipinski definition) is 6. The van der Waals surface area contributed by atoms with Crippen molar-refractivity contribution < 1.29 is 9.90 Å². The number of carboxylic acids is 1. The van der Waals surface area contributed by atoms with E-state index in [4.69, 9.17) is 10.8 Å². The van der Waals surface area contributed by atoms with Crippen LogP contribution in [0.3, 0.4) is 0 Å². The van der Waals surface area contributed by atoms with Crippen LogP contribution in [-0.2, 0) is 11.3 Å². The minimum atomic E-state index is -1.14. The van der Waals surface area contributed by atoms with Crippen molar-refractivity contribution in [2.75, 3.05) is 5.73 Å². The molecule has 2 aromatic heterocycles. The molecule has 2 heterocycles. The molecule has 0 aliphatic heterocycles. The Balaban J connectivity index is 2.13. The Morgan fingerprint density at radius 1 is 1.22 bits per heavy atom. The van der Waals surface area contributed by atoms with E-state index >= 15 is 0 Å². The Hall–Kier alpha value is -3.00. The molecular formula is C15H12N4O3S. The van der Waals surface area contributed by atoms with Gasteiger partial charge in [-0.1, -0.05) is 41.7 Å². The molecule has 0 saturated heterocycles. The van der Waals surface area contributed by atoms with Crippen LogP contribution < -0.4 is 11.3 Å². The molecule has 1 aromatic carbocycles. The molecule has 0 unspecified atom stereocenters. The molecule has 0 saturated carbocycles. The molecule has 0 radical (unpaired) electrons. The topological polar surface area (TPSA) is 111 Å². The summed E-state index contributed by atoms with van der Waals surface area (Å²) in [7, 11) is 0. The SMILES string of the molecule is Nc1nc(-c2ccccc2)c(-c2ccc(=O)n(CC(=O)O)n2)s1. The lowest BCUT2D eigenvalue weighted by Gasteiger charge is -2.05. The van der Waals surface area contributed by atoms with E-state index in [1.54, 1.807) is 6.07 Å². The molecule has 116 valence electrons. The first-order valence-electron chi connectivity index (χ1n) is 6.66. The Bertz CT molecular complexity index is 918. The second-order valence-corrected chi connectivity index (χ2v) is 5.73. The summed E-state index contributed by atoms with van der Waals surface area (Å²) in [4.78, 5) is 27.5. The van der Waals surface area contributed by atoms with Crippen LogP contribution in [0.15, 0.2) is 47.3 Å². The Labute approximate surface area is 134 Å². The quantitative estimate of drug-likeness (QED) is 0.754. The maximum absolute atomic E-state index is 11.7. The van der Waals surface area contributed by atoms with Crippen molar-refractivity contribution in [3.8, 4) is 21.8 Å². The summed E-state index contributed by atoms with van der Waals surface area (Å²) in [5, 5.41) is 13.4. The molecule has 3 aromatic rings. The van der Waals surface area contributed by atoms with Crippen molar-refractivity contribution in [2.45, 2.75) is 6.54 Å². The number of carbonyl (C=O) groups is 1. The van der Waals surface area contributed by atoms with E-state index in [-0.39, 0.29) is 0 Å². The van der Waals surface area contributed by atoms with Crippen molar-refractivity contribution >= 4 is 22.4 Å². The smallest absolute Gasteiger partial charge is 0.325 e. The largest absolute Gasteiger partial charge is 0.480 e. The number of nitrogens with two attached hydrogens (primary N) is 1. The van der Waals surface area contributed by atoms with Crippen LogP contribution in [-0.4, -0.2) is 25.8 Å². The van der Waals surface area contributed by atoms with Crippen LogP contribution in [0.1, 0.15) is 0 Å². The zero-order valence-electron chi connectivity index (χ0n) is 11.8. The summed E-state index contributed by atoms with van der Waals surface area (Å²) in [6.45, 7) is -0.498. The third-order valence-corrected chi connectivity index (χ3v) is 3.98. The van der Waals surface area contributed by atoms with Crippen molar-refractivity contribution in [2.24, 2.45) is 0 Å². The van der Waals surface area contributed by atoms with Gasteiger partial charge in [-0.15, -0.1) is 0 Å². The van der Waals surface area contributed by atoms with Crippen LogP contribution in [0, 0.1) is 0 Å². The van der Waals surface area contributed by atoms with E-state index in [0.717, 1.165) is 10.2 Å². The van der Waals surface area contributed by atoms with Gasteiger partial charge in [0.25, 0.3) is 5.56 Å². The van der Waals surface area contributed by atoms with E-state index in [1.165, 1.54) is 17.4 Å². The minimum Gasteiger partial charge on any atom is -0.480 e. The Kier molecular flexibility index (Phi) is 3.90. The first-order valence-corrected chi connectivity index (χ1v) is 7.48. The third-order valence-electron chi connectivity index (χ3n) is 3.08. The number of nitrogen functional groups attached to an aromatic ring is 1. The van der Waals surface area contributed by atoms with Crippen LogP contribution >= 0.6 is 11.3 Å². The maximum Gasteiger partial charge on any atom is 0.325 e. The Morgan fingerprint density at radius 3 is 2.65 bits per heavy atom. The number of hydrogen-bond donors (Lipinski definition) is 2. The fraction of sp³-hybridized carbons (Fsp3) is 0.0667. The standard InChI is InChI=1S/C15H12N4O3S/c16-15-17-13(9-4-2-1-3-5-9)14(23-15)10-6-7-11(20)19(18-10)8-12(21)22/h1-7H,8H2,(H2,16,17)(H,21,22). The van der Waals surface area contributed by atoms with Crippen molar-refractivity contribution in [1.82, 2.24) is 14.8 Å². The van der Waals surface area contributed by atoms with Gasteiger partial charge in [0.2, 0.25) is 0 Å². The second kappa shape index (κ2) is 6.01. The molecule has 0 spiro atoms. The summed E-state index contributed by atoms with van der Waals surface area (Å²) < 4.78 is 0.905. The summed E-state index contributed by atoms with van der Waals surface area (Å²) in [6, 6.07) is 12.3. The van der Waals surface area contributed by atoms with Gasteiger partial charge >= 0.3 is 5.97 Å². The highest BCUT2D eigenvalue weighted by atomic mass is 32.1. The zero-order chi connectivity index (χ0) is 16.4. The molecule has 0 aliphatic carbocycles. The van der Waals surface area contributed by atoms with Gasteiger partial charge in [-0.2, -0.15) is 5.10 Å². The predicted molar refractivity (Wildman–Crippen MR) is 87.1 cm³/mol. The van der Waals surface area contributed by atoms with Gasteiger partial charge in [-0.3, -0.25) is 9.59 Å². The van der Waals surface area contributed by atoms with Gasteiger partial charge in [0.05, 0.1) is 10.6 Å². The lowest BCUT2D eigenvalue weighted by molar-refractivity contribution is -0.138. The molecule has 7 nitrogen and oxygen atoms in total. The highest BCUT2D eigenvalue weighted by molar-refractivity contribution is 7.19. The van der Waals surface area contributed by atoms with Gasteiger partial charge in [-0.25, -0.2) is 9.67 Å². The van der Waals surface area contributed by atoms with E-state index in [1.807, 2.05) is 30.3 Å². The number of rotatable bonds is 4. The summed E-state index contributed by atoms with van der Waals surface area (Å²) >= 11 is 1.24. The van der Waals surface area contributed by atoms with Crippen LogP contribution in [0.4, 0.5) is 5.13 Å². The first-order chi connectivity index (χ1) is 11.0. The number of nitrogens with zero attached hydrogens (tertiary/aromatic N) is 3. The fourth-order valence-corrected chi connectivity index (χ4v) is 2.93. The molecular weight excluding hydrogens is 316 g/mol. The molecule has 3 rings (SSSR count). The zero-order valence-corrected chi connectivity index (χ0v) is 12.7. The van der Waals surface area contributed by atoms with Gasteiger partial charge in [0.1, 0.15) is 12.2 Å². The normalized spacial score (nSPS) is 10.6. The predicted octanol–water partition coefficient (Wildman–Crippen LogP) is 1.70. The molecule has 23 heavy (non-hydrogen) atoms. The lowest BCUT2D eigenvalue weighted by Crippen LogP contribution is -2.25. The van der Waals surface area contributed by atoms with Crippen molar-refractivity contribution in [1.29, 1.82) is 0 Å². The average Bonchev–Trinajstić information content (AvgIpc) is 2.92. The average molecular weight is 328 g/mol. The van der Waals surface area contributed by atoms with Crippen LogP contribution in [0.25, 0.3) is 21.8 Å². The van der Waals surface area contributed by atoms with E-state index in [0.29, 0.717) is 21.4 Å². The number of thiazole rings is 1. The molecule has 0 bridgehead atoms. The summed E-state index contributed by atoms with van der Waals surface area (Å²) in [5.41, 5.74) is 7.32. The van der Waals surface area contributed by atoms with E-state index in [2.05, 4.69) is 10.1 Å². The molecule has 0 aliphatic rings. The number of carboxylic acid groups (broad SMARTS) is 1. The minimum absolute atomic E-state index is 0.372. The Morgan fingerprint density at radius 2 is 1.96 bits per heavy atom. The molecule has 0 fully saturated rings. The van der Waals surface area contributed by atoms with Crippen LogP contribution in [0.5, 0.6) is 0 Å². The van der Waals surface area contributed by atoms with Crippen LogP contribution in [0.2, 0.25) is 0 Å². The lowest BCUT2D eigenvalue weighted by atomic mass is 10.1. The number of benzene rings is 1. The molecule has 8 heteroatoms. The number of aliphatic carboxylic acids is 1. The number of anilines is 1. The highest BCUT2D eigenvalue weighted by Crippen LogP contribution is 2.36. The molecule has 0 amide bonds. The van der Waals surface area contributed by atoms with Gasteiger partial charge in [-0.05, 0) is 6.07 Å². The highest BCUT2D eigenvalue weighted by Gasteiger charge is 2.16. The monoisotopic (exact) mass is 328 g/mol. The molecule has 3 N–H and O–H groups in total. The van der Waals surface area contributed by atoms with Gasteiger partial charge < -0.3 is 10.8 Å². The first kappa shape index (κ1) is 14.9. The van der Waals surface area contributed by atoms with E-state index < -0.39 is 18.1 Å². The number of aromatic nitrogens is 3. The van der Waals surface area contributed by atoms with E-state index in [9.17, 15) is 9.59 Å². The van der Waals surface area contributed by atoms with Crippen molar-refractivity contribution in [3.05, 3.63) is 52.8 Å².